The van der Waals surface area contributed by atoms with Crippen molar-refractivity contribution in [3.05, 3.63) is 48.3 Å². The Labute approximate surface area is 121 Å². The van der Waals surface area contributed by atoms with Gasteiger partial charge in [0.15, 0.2) is 0 Å². The Morgan fingerprint density at radius 1 is 1.05 bits per heavy atom. The summed E-state index contributed by atoms with van der Waals surface area (Å²) in [7, 11) is 0. The number of nitrogens with zero attached hydrogens (tertiary/aromatic N) is 2. The van der Waals surface area contributed by atoms with Crippen molar-refractivity contribution < 1.29 is 0 Å². The lowest BCUT2D eigenvalue weighted by Gasteiger charge is -2.04. The second-order valence-electron chi connectivity index (χ2n) is 4.91. The Bertz CT molecular complexity index is 478. The Morgan fingerprint density at radius 2 is 1.85 bits per heavy atom. The maximum Gasteiger partial charge on any atom is 0.0645 e. The van der Waals surface area contributed by atoms with Crippen LogP contribution in [0.5, 0.6) is 0 Å². The summed E-state index contributed by atoms with van der Waals surface area (Å²) in [4.78, 5) is 0. The third-order valence-corrected chi connectivity index (χ3v) is 3.12. The van der Waals surface area contributed by atoms with Gasteiger partial charge < -0.3 is 10.6 Å². The van der Waals surface area contributed by atoms with Gasteiger partial charge in [-0.15, -0.1) is 0 Å². The van der Waals surface area contributed by atoms with E-state index in [2.05, 4.69) is 41.0 Å². The molecule has 4 heteroatoms. The topological polar surface area (TPSA) is 41.9 Å². The molecule has 1 heterocycles. The standard InChI is InChI=1S/C16H24N4/c1-2-9-17-10-6-11-18-12-15-13-19-20(14-15)16-7-4-3-5-8-16/h3-5,7-8,13-14,17-18H,2,6,9-12H2,1H3. The number of nitrogens with one attached hydrogen (secondary N) is 2. The van der Waals surface area contributed by atoms with Crippen LogP contribution in [0.2, 0.25) is 0 Å². The van der Waals surface area contributed by atoms with Crippen molar-refractivity contribution in [2.45, 2.75) is 26.3 Å². The third-order valence-electron chi connectivity index (χ3n) is 3.12. The van der Waals surface area contributed by atoms with E-state index < -0.39 is 0 Å². The fourth-order valence-electron chi connectivity index (χ4n) is 2.05. The van der Waals surface area contributed by atoms with E-state index in [1.54, 1.807) is 0 Å². The highest BCUT2D eigenvalue weighted by atomic mass is 15.3. The number of hydrogen-bond donors (Lipinski definition) is 2. The van der Waals surface area contributed by atoms with Crippen LogP contribution in [0.4, 0.5) is 0 Å². The number of rotatable bonds is 9. The summed E-state index contributed by atoms with van der Waals surface area (Å²) >= 11 is 0. The SMILES string of the molecule is CCCNCCCNCc1cnn(-c2ccccc2)c1. The Balaban J connectivity index is 1.69. The maximum absolute atomic E-state index is 4.39. The zero-order chi connectivity index (χ0) is 14.0. The van der Waals surface area contributed by atoms with Gasteiger partial charge in [-0.3, -0.25) is 0 Å². The van der Waals surface area contributed by atoms with E-state index in [1.165, 1.54) is 12.0 Å². The molecule has 0 aliphatic heterocycles. The van der Waals surface area contributed by atoms with E-state index in [0.717, 1.165) is 38.3 Å². The summed E-state index contributed by atoms with van der Waals surface area (Å²) in [5, 5.41) is 11.2. The van der Waals surface area contributed by atoms with Crippen LogP contribution in [-0.4, -0.2) is 29.4 Å². The quantitative estimate of drug-likeness (QED) is 0.689. The van der Waals surface area contributed by atoms with E-state index in [4.69, 9.17) is 0 Å². The summed E-state index contributed by atoms with van der Waals surface area (Å²) in [6.07, 6.45) is 6.37. The van der Waals surface area contributed by atoms with Crippen LogP contribution in [0.15, 0.2) is 42.7 Å². The van der Waals surface area contributed by atoms with Gasteiger partial charge in [-0.25, -0.2) is 4.68 Å². The zero-order valence-corrected chi connectivity index (χ0v) is 12.2. The molecule has 1 aromatic heterocycles. The van der Waals surface area contributed by atoms with Crippen molar-refractivity contribution in [2.75, 3.05) is 19.6 Å². The number of para-hydroxylation sites is 1. The highest BCUT2D eigenvalue weighted by Crippen LogP contribution is 2.07. The first-order valence-corrected chi connectivity index (χ1v) is 7.40. The first-order chi connectivity index (χ1) is 9.90. The van der Waals surface area contributed by atoms with Crippen molar-refractivity contribution in [3.8, 4) is 5.69 Å². The van der Waals surface area contributed by atoms with Crippen LogP contribution in [0, 0.1) is 0 Å². The van der Waals surface area contributed by atoms with Crippen molar-refractivity contribution >= 4 is 0 Å². The van der Waals surface area contributed by atoms with Gasteiger partial charge in [0.2, 0.25) is 0 Å². The van der Waals surface area contributed by atoms with Gasteiger partial charge >= 0.3 is 0 Å². The molecule has 108 valence electrons. The number of aromatic nitrogens is 2. The molecule has 20 heavy (non-hydrogen) atoms. The van der Waals surface area contributed by atoms with Crippen molar-refractivity contribution in [1.82, 2.24) is 20.4 Å². The number of benzene rings is 1. The van der Waals surface area contributed by atoms with Crippen molar-refractivity contribution in [2.24, 2.45) is 0 Å². The molecule has 0 aliphatic rings. The molecule has 0 aliphatic carbocycles. The zero-order valence-electron chi connectivity index (χ0n) is 12.2. The molecule has 0 radical (unpaired) electrons. The van der Waals surface area contributed by atoms with Gasteiger partial charge in [0.25, 0.3) is 0 Å². The Morgan fingerprint density at radius 3 is 2.65 bits per heavy atom. The molecule has 0 saturated heterocycles. The van der Waals surface area contributed by atoms with E-state index in [9.17, 15) is 0 Å². The summed E-state index contributed by atoms with van der Waals surface area (Å²) in [5.74, 6) is 0. The fraction of sp³-hybridized carbons (Fsp3) is 0.438. The summed E-state index contributed by atoms with van der Waals surface area (Å²) in [6, 6.07) is 10.2. The third kappa shape index (κ3) is 4.79. The molecule has 4 nitrogen and oxygen atoms in total. The molecule has 0 atom stereocenters. The second kappa shape index (κ2) is 8.51. The molecule has 0 fully saturated rings. The van der Waals surface area contributed by atoms with E-state index in [0.29, 0.717) is 0 Å². The predicted octanol–water partition coefficient (Wildman–Crippen LogP) is 2.35. The first-order valence-electron chi connectivity index (χ1n) is 7.40. The molecule has 2 aromatic rings. The summed E-state index contributed by atoms with van der Waals surface area (Å²) < 4.78 is 1.92. The first kappa shape index (κ1) is 14.8. The predicted molar refractivity (Wildman–Crippen MR) is 83.0 cm³/mol. The monoisotopic (exact) mass is 272 g/mol. The second-order valence-corrected chi connectivity index (χ2v) is 4.91. The van der Waals surface area contributed by atoms with Crippen LogP contribution in [-0.2, 0) is 6.54 Å². The van der Waals surface area contributed by atoms with Gasteiger partial charge in [0.1, 0.15) is 0 Å². The van der Waals surface area contributed by atoms with Crippen LogP contribution >= 0.6 is 0 Å². The highest BCUT2D eigenvalue weighted by Gasteiger charge is 1.99. The van der Waals surface area contributed by atoms with Gasteiger partial charge in [0.05, 0.1) is 11.9 Å². The highest BCUT2D eigenvalue weighted by molar-refractivity contribution is 5.30. The van der Waals surface area contributed by atoms with E-state index >= 15 is 0 Å². The van der Waals surface area contributed by atoms with Crippen molar-refractivity contribution in [1.29, 1.82) is 0 Å². The molecule has 0 bridgehead atoms. The molecule has 1 aromatic carbocycles. The van der Waals surface area contributed by atoms with Gasteiger partial charge in [0, 0.05) is 18.3 Å². The lowest BCUT2D eigenvalue weighted by atomic mass is 10.3. The molecule has 0 spiro atoms. The molecular formula is C16H24N4. The molecular weight excluding hydrogens is 248 g/mol. The van der Waals surface area contributed by atoms with Crippen LogP contribution < -0.4 is 10.6 Å². The average molecular weight is 272 g/mol. The minimum absolute atomic E-state index is 0.876. The lowest BCUT2D eigenvalue weighted by molar-refractivity contribution is 0.592. The summed E-state index contributed by atoms with van der Waals surface area (Å²) in [5.41, 5.74) is 2.32. The Kier molecular flexibility index (Phi) is 6.27. The van der Waals surface area contributed by atoms with Gasteiger partial charge in [-0.1, -0.05) is 25.1 Å². The minimum atomic E-state index is 0.876. The lowest BCUT2D eigenvalue weighted by Crippen LogP contribution is -2.22. The smallest absolute Gasteiger partial charge is 0.0645 e. The minimum Gasteiger partial charge on any atom is -0.317 e. The molecule has 0 unspecified atom stereocenters. The largest absolute Gasteiger partial charge is 0.317 e. The molecule has 0 amide bonds. The molecule has 0 saturated carbocycles. The van der Waals surface area contributed by atoms with Gasteiger partial charge in [-0.05, 0) is 44.6 Å². The molecule has 2 rings (SSSR count). The van der Waals surface area contributed by atoms with E-state index in [1.807, 2.05) is 29.1 Å². The normalized spacial score (nSPS) is 10.8. The van der Waals surface area contributed by atoms with Crippen LogP contribution in [0.1, 0.15) is 25.3 Å². The van der Waals surface area contributed by atoms with Crippen LogP contribution in [0.3, 0.4) is 0 Å². The average Bonchev–Trinajstić information content (AvgIpc) is 2.96. The van der Waals surface area contributed by atoms with E-state index in [-0.39, 0.29) is 0 Å². The number of hydrogen-bond acceptors (Lipinski definition) is 3. The maximum atomic E-state index is 4.39. The Hall–Kier alpha value is -1.65. The fourth-order valence-corrected chi connectivity index (χ4v) is 2.05. The van der Waals surface area contributed by atoms with Gasteiger partial charge in [-0.2, -0.15) is 5.10 Å². The van der Waals surface area contributed by atoms with Crippen LogP contribution in [0.25, 0.3) is 5.69 Å². The summed E-state index contributed by atoms with van der Waals surface area (Å²) in [6.45, 7) is 6.30. The molecule has 2 N–H and O–H groups in total. The van der Waals surface area contributed by atoms with Crippen molar-refractivity contribution in [3.63, 3.8) is 0 Å².